The largest absolute Gasteiger partial charge is 0.338 e. The van der Waals surface area contributed by atoms with E-state index in [9.17, 15) is 0 Å². The fraction of sp³-hybridized carbons (Fsp3) is 0.545. The van der Waals surface area contributed by atoms with Gasteiger partial charge in [-0.05, 0) is 43.7 Å². The van der Waals surface area contributed by atoms with E-state index in [1.54, 1.807) is 0 Å². The Bertz CT molecular complexity index is 323. The molecule has 0 bridgehead atoms. The van der Waals surface area contributed by atoms with Crippen LogP contribution in [0.4, 0.5) is 0 Å². The zero-order valence-corrected chi connectivity index (χ0v) is 11.6. The second-order valence-electron chi connectivity index (χ2n) is 3.65. The molecule has 1 radical (unpaired) electrons. The van der Waals surface area contributed by atoms with Crippen molar-refractivity contribution in [2.45, 2.75) is 39.0 Å². The summed E-state index contributed by atoms with van der Waals surface area (Å²) >= 11 is 0. The maximum atomic E-state index is 4.20. The molecule has 2 nitrogen and oxygen atoms in total. The van der Waals surface area contributed by atoms with E-state index in [1.807, 2.05) is 0 Å². The normalized spacial score (nSPS) is 14.4. The Hall–Kier alpha value is 0.184. The minimum absolute atomic E-state index is 0. The van der Waals surface area contributed by atoms with Crippen LogP contribution in [0, 0.1) is 13.8 Å². The van der Waals surface area contributed by atoms with Gasteiger partial charge < -0.3 is 6.92 Å². The number of hydrogen-bond donors (Lipinski definition) is 0. The van der Waals surface area contributed by atoms with Crippen molar-refractivity contribution in [2.24, 2.45) is 0 Å². The fourth-order valence-electron chi connectivity index (χ4n) is 2.08. The molecule has 0 amide bonds. The van der Waals surface area contributed by atoms with Crippen molar-refractivity contribution in [3.05, 3.63) is 29.4 Å². The molecule has 0 saturated carbocycles. The Morgan fingerprint density at radius 2 is 1.79 bits per heavy atom. The standard InChI is InChI=1S/C11H15N2.Y/c1-3-11-10-7-5-4-6-9(10)8(2)12-13-11;/h1,3-7H2,2H3;/q-1;. The zero-order chi connectivity index (χ0) is 9.26. The summed E-state index contributed by atoms with van der Waals surface area (Å²) in [6.07, 6.45) is 5.73. The fourth-order valence-corrected chi connectivity index (χ4v) is 2.08. The average molecular weight is 264 g/mol. The van der Waals surface area contributed by atoms with Gasteiger partial charge in [-0.2, -0.15) is 10.2 Å². The van der Waals surface area contributed by atoms with E-state index in [1.165, 1.54) is 36.8 Å². The van der Waals surface area contributed by atoms with Gasteiger partial charge in [-0.3, -0.25) is 0 Å². The van der Waals surface area contributed by atoms with Gasteiger partial charge in [0.05, 0.1) is 5.69 Å². The molecule has 1 heterocycles. The van der Waals surface area contributed by atoms with Crippen LogP contribution >= 0.6 is 0 Å². The monoisotopic (exact) mass is 264 g/mol. The Morgan fingerprint density at radius 1 is 1.14 bits per heavy atom. The topological polar surface area (TPSA) is 25.8 Å². The number of hydrogen-bond acceptors (Lipinski definition) is 2. The third kappa shape index (κ3) is 2.22. The summed E-state index contributed by atoms with van der Waals surface area (Å²) in [5, 5.41) is 8.37. The summed E-state index contributed by atoms with van der Waals surface area (Å²) in [5.41, 5.74) is 5.11. The summed E-state index contributed by atoms with van der Waals surface area (Å²) in [6, 6.07) is 0. The third-order valence-electron chi connectivity index (χ3n) is 2.81. The first kappa shape index (κ1) is 12.3. The zero-order valence-electron chi connectivity index (χ0n) is 8.71. The van der Waals surface area contributed by atoms with Crippen molar-refractivity contribution >= 4 is 0 Å². The van der Waals surface area contributed by atoms with Gasteiger partial charge in [0.15, 0.2) is 0 Å². The summed E-state index contributed by atoms with van der Waals surface area (Å²) in [7, 11) is 0. The van der Waals surface area contributed by atoms with Gasteiger partial charge in [0, 0.05) is 38.4 Å². The van der Waals surface area contributed by atoms with E-state index in [2.05, 4.69) is 24.0 Å². The van der Waals surface area contributed by atoms with Crippen molar-refractivity contribution < 1.29 is 32.7 Å². The molecule has 0 atom stereocenters. The van der Waals surface area contributed by atoms with E-state index in [-0.39, 0.29) is 32.7 Å². The van der Waals surface area contributed by atoms with Gasteiger partial charge in [-0.1, -0.05) is 0 Å². The van der Waals surface area contributed by atoms with Crippen LogP contribution in [0.2, 0.25) is 0 Å². The molecule has 1 aromatic rings. The van der Waals surface area contributed by atoms with Crippen LogP contribution in [0.1, 0.15) is 35.4 Å². The van der Waals surface area contributed by atoms with Crippen molar-refractivity contribution in [1.29, 1.82) is 0 Å². The molecule has 14 heavy (non-hydrogen) atoms. The summed E-state index contributed by atoms with van der Waals surface area (Å²) in [5.74, 6) is 0. The van der Waals surface area contributed by atoms with Gasteiger partial charge in [0.1, 0.15) is 0 Å². The van der Waals surface area contributed by atoms with E-state index >= 15 is 0 Å². The maximum absolute atomic E-state index is 4.20. The van der Waals surface area contributed by atoms with Crippen LogP contribution in [-0.2, 0) is 52.0 Å². The molecule has 3 heteroatoms. The summed E-state index contributed by atoms with van der Waals surface area (Å²) in [6.45, 7) is 5.95. The van der Waals surface area contributed by atoms with Crippen LogP contribution in [0.5, 0.6) is 0 Å². The minimum Gasteiger partial charge on any atom is -0.338 e. The van der Waals surface area contributed by atoms with Crippen LogP contribution in [0.3, 0.4) is 0 Å². The molecule has 0 spiro atoms. The van der Waals surface area contributed by atoms with Crippen molar-refractivity contribution in [3.63, 3.8) is 0 Å². The predicted molar refractivity (Wildman–Crippen MR) is 52.5 cm³/mol. The quantitative estimate of drug-likeness (QED) is 0.725. The molecule has 0 aliphatic heterocycles. The van der Waals surface area contributed by atoms with E-state index in [0.29, 0.717) is 0 Å². The SMILES string of the molecule is [CH2-]Cc1nnc(C)c2c1CCCC2.[Y]. The number of rotatable bonds is 1. The third-order valence-corrected chi connectivity index (χ3v) is 2.81. The van der Waals surface area contributed by atoms with Gasteiger partial charge in [0.2, 0.25) is 0 Å². The number of nitrogens with zero attached hydrogens (tertiary/aromatic N) is 2. The first-order valence-electron chi connectivity index (χ1n) is 4.96. The molecule has 0 N–H and O–H groups in total. The van der Waals surface area contributed by atoms with Gasteiger partial charge in [0.25, 0.3) is 0 Å². The molecule has 73 valence electrons. The van der Waals surface area contributed by atoms with Crippen molar-refractivity contribution in [2.75, 3.05) is 0 Å². The first-order valence-corrected chi connectivity index (χ1v) is 4.96. The van der Waals surface area contributed by atoms with Gasteiger partial charge in [-0.15, -0.1) is 6.42 Å². The van der Waals surface area contributed by atoms with Gasteiger partial charge >= 0.3 is 0 Å². The molecule has 2 rings (SSSR count). The predicted octanol–water partition coefficient (Wildman–Crippen LogP) is 2.04. The molecule has 0 unspecified atom stereocenters. The summed E-state index contributed by atoms with van der Waals surface area (Å²) in [4.78, 5) is 0. The summed E-state index contributed by atoms with van der Waals surface area (Å²) < 4.78 is 0. The van der Waals surface area contributed by atoms with Gasteiger partial charge in [-0.25, -0.2) is 0 Å². The Balaban J connectivity index is 0.000000980. The van der Waals surface area contributed by atoms with Crippen LogP contribution in [0.25, 0.3) is 0 Å². The molecule has 1 aliphatic carbocycles. The minimum atomic E-state index is 0. The molecule has 0 fully saturated rings. The molecular formula is C11H15N2Y-. The second kappa shape index (κ2) is 5.32. The first-order chi connectivity index (χ1) is 6.33. The Kier molecular flexibility index (Phi) is 4.65. The molecule has 0 saturated heterocycles. The van der Waals surface area contributed by atoms with E-state index in [4.69, 9.17) is 0 Å². The van der Waals surface area contributed by atoms with Crippen molar-refractivity contribution in [1.82, 2.24) is 10.2 Å². The smallest absolute Gasteiger partial charge is 0.0635 e. The van der Waals surface area contributed by atoms with Crippen LogP contribution < -0.4 is 0 Å². The Labute approximate surface area is 111 Å². The van der Waals surface area contributed by atoms with E-state index < -0.39 is 0 Å². The maximum Gasteiger partial charge on any atom is 0.0635 e. The number of aromatic nitrogens is 2. The average Bonchev–Trinajstić information content (AvgIpc) is 2.19. The molecule has 0 aromatic carbocycles. The molecule has 1 aliphatic rings. The van der Waals surface area contributed by atoms with Crippen molar-refractivity contribution in [3.8, 4) is 0 Å². The van der Waals surface area contributed by atoms with Crippen LogP contribution in [0.15, 0.2) is 0 Å². The van der Waals surface area contributed by atoms with E-state index in [0.717, 1.165) is 17.8 Å². The van der Waals surface area contributed by atoms with Crippen LogP contribution in [-0.4, -0.2) is 10.2 Å². The number of fused-ring (bicyclic) bond motifs is 1. The second-order valence-corrected chi connectivity index (χ2v) is 3.65. The number of aryl methyl sites for hydroxylation is 1. The molecule has 1 aromatic heterocycles. The molecular weight excluding hydrogens is 249 g/mol. The Morgan fingerprint density at radius 3 is 2.43 bits per heavy atom.